The van der Waals surface area contributed by atoms with E-state index in [2.05, 4.69) is 20.6 Å². The number of carbonyl (C=O) groups excluding carboxylic acids is 1. The summed E-state index contributed by atoms with van der Waals surface area (Å²) in [5.74, 6) is 0.653. The maximum absolute atomic E-state index is 12.9. The van der Waals surface area contributed by atoms with Crippen LogP contribution in [-0.2, 0) is 12.0 Å². The Morgan fingerprint density at radius 2 is 1.80 bits per heavy atom. The zero-order valence-electron chi connectivity index (χ0n) is 17.2. The Morgan fingerprint density at radius 1 is 1.07 bits per heavy atom. The number of rotatable bonds is 5. The van der Waals surface area contributed by atoms with Gasteiger partial charge in [0.25, 0.3) is 11.8 Å². The second-order valence-electron chi connectivity index (χ2n) is 8.09. The highest BCUT2D eigenvalue weighted by molar-refractivity contribution is 6.08. The lowest BCUT2D eigenvalue weighted by molar-refractivity contribution is 0.102. The molecule has 30 heavy (non-hydrogen) atoms. The van der Waals surface area contributed by atoms with Crippen LogP contribution in [0.3, 0.4) is 0 Å². The maximum Gasteiger partial charge on any atom is 0.258 e. The second kappa shape index (κ2) is 7.94. The van der Waals surface area contributed by atoms with E-state index in [4.69, 9.17) is 4.52 Å². The SMILES string of the molecule is CC(C)(C)c1noc(-c2ccccc2C(=O)Nc2cnn(Cc3ccccc3)c2)n1. The first-order valence-corrected chi connectivity index (χ1v) is 9.71. The van der Waals surface area contributed by atoms with Crippen molar-refractivity contribution in [2.45, 2.75) is 32.7 Å². The van der Waals surface area contributed by atoms with Gasteiger partial charge in [0, 0.05) is 11.6 Å². The number of benzene rings is 2. The molecule has 2 heterocycles. The van der Waals surface area contributed by atoms with E-state index in [0.29, 0.717) is 35.1 Å². The van der Waals surface area contributed by atoms with Gasteiger partial charge < -0.3 is 9.84 Å². The van der Waals surface area contributed by atoms with Crippen molar-refractivity contribution in [2.75, 3.05) is 5.32 Å². The smallest absolute Gasteiger partial charge is 0.258 e. The van der Waals surface area contributed by atoms with Gasteiger partial charge in [-0.1, -0.05) is 68.4 Å². The average molecular weight is 401 g/mol. The Morgan fingerprint density at radius 3 is 2.53 bits per heavy atom. The quantitative estimate of drug-likeness (QED) is 0.531. The van der Waals surface area contributed by atoms with Crippen LogP contribution in [0.15, 0.2) is 71.5 Å². The van der Waals surface area contributed by atoms with Gasteiger partial charge in [0.2, 0.25) is 0 Å². The van der Waals surface area contributed by atoms with Gasteiger partial charge in [0.1, 0.15) is 0 Å². The van der Waals surface area contributed by atoms with Crippen molar-refractivity contribution >= 4 is 11.6 Å². The molecule has 7 nitrogen and oxygen atoms in total. The summed E-state index contributed by atoms with van der Waals surface area (Å²) in [4.78, 5) is 17.4. The van der Waals surface area contributed by atoms with Crippen LogP contribution in [0.25, 0.3) is 11.5 Å². The molecule has 0 aliphatic carbocycles. The lowest BCUT2D eigenvalue weighted by Gasteiger charge is -2.11. The van der Waals surface area contributed by atoms with Crippen LogP contribution in [0.5, 0.6) is 0 Å². The van der Waals surface area contributed by atoms with Gasteiger partial charge in [-0.2, -0.15) is 10.1 Å². The van der Waals surface area contributed by atoms with Crippen LogP contribution in [-0.4, -0.2) is 25.8 Å². The molecule has 0 aliphatic heterocycles. The van der Waals surface area contributed by atoms with E-state index in [1.807, 2.05) is 57.2 Å². The molecule has 0 saturated heterocycles. The lowest BCUT2D eigenvalue weighted by atomic mass is 9.96. The molecule has 0 radical (unpaired) electrons. The van der Waals surface area contributed by atoms with Crippen LogP contribution in [0.4, 0.5) is 5.69 Å². The van der Waals surface area contributed by atoms with Gasteiger partial charge in [-0.05, 0) is 17.7 Å². The normalized spacial score (nSPS) is 11.4. The van der Waals surface area contributed by atoms with Crippen molar-refractivity contribution in [3.8, 4) is 11.5 Å². The molecule has 0 fully saturated rings. The summed E-state index contributed by atoms with van der Waals surface area (Å²) in [7, 11) is 0. The summed E-state index contributed by atoms with van der Waals surface area (Å²) in [5, 5.41) is 11.3. The molecule has 0 atom stereocenters. The third kappa shape index (κ3) is 4.30. The minimum atomic E-state index is -0.264. The van der Waals surface area contributed by atoms with Crippen molar-refractivity contribution in [1.29, 1.82) is 0 Å². The highest BCUT2D eigenvalue weighted by atomic mass is 16.5. The molecule has 2 aromatic carbocycles. The first-order chi connectivity index (χ1) is 14.4. The molecule has 0 spiro atoms. The monoisotopic (exact) mass is 401 g/mol. The molecule has 0 bridgehead atoms. The fourth-order valence-corrected chi connectivity index (χ4v) is 2.99. The molecular weight excluding hydrogens is 378 g/mol. The molecule has 0 aliphatic rings. The molecule has 7 heteroatoms. The predicted octanol–water partition coefficient (Wildman–Crippen LogP) is 4.53. The Hall–Kier alpha value is -3.74. The molecule has 1 amide bonds. The van der Waals surface area contributed by atoms with Crippen molar-refractivity contribution in [3.63, 3.8) is 0 Å². The number of hydrogen-bond acceptors (Lipinski definition) is 5. The largest absolute Gasteiger partial charge is 0.334 e. The highest BCUT2D eigenvalue weighted by Gasteiger charge is 2.23. The van der Waals surface area contributed by atoms with Gasteiger partial charge in [0.05, 0.1) is 29.6 Å². The van der Waals surface area contributed by atoms with Crippen LogP contribution in [0.1, 0.15) is 42.5 Å². The molecule has 0 unspecified atom stereocenters. The van der Waals surface area contributed by atoms with E-state index in [-0.39, 0.29) is 11.3 Å². The van der Waals surface area contributed by atoms with E-state index in [1.54, 1.807) is 35.3 Å². The Balaban J connectivity index is 1.53. The highest BCUT2D eigenvalue weighted by Crippen LogP contribution is 2.26. The van der Waals surface area contributed by atoms with Crippen LogP contribution in [0.2, 0.25) is 0 Å². The zero-order valence-corrected chi connectivity index (χ0v) is 17.2. The fraction of sp³-hybridized carbons (Fsp3) is 0.217. The number of carbonyl (C=O) groups is 1. The summed E-state index contributed by atoms with van der Waals surface area (Å²) < 4.78 is 7.21. The van der Waals surface area contributed by atoms with Gasteiger partial charge in [-0.15, -0.1) is 0 Å². The summed E-state index contributed by atoms with van der Waals surface area (Å²) in [6, 6.07) is 17.2. The van der Waals surface area contributed by atoms with Gasteiger partial charge in [0.15, 0.2) is 5.82 Å². The van der Waals surface area contributed by atoms with Crippen molar-refractivity contribution < 1.29 is 9.32 Å². The van der Waals surface area contributed by atoms with Gasteiger partial charge in [-0.25, -0.2) is 0 Å². The molecule has 1 N–H and O–H groups in total. The molecule has 0 saturated carbocycles. The van der Waals surface area contributed by atoms with E-state index in [9.17, 15) is 4.79 Å². The first-order valence-electron chi connectivity index (χ1n) is 9.71. The van der Waals surface area contributed by atoms with E-state index < -0.39 is 0 Å². The number of aromatic nitrogens is 4. The summed E-state index contributed by atoms with van der Waals surface area (Å²) in [5.41, 5.74) is 2.56. The van der Waals surface area contributed by atoms with Crippen molar-refractivity contribution in [2.24, 2.45) is 0 Å². The van der Waals surface area contributed by atoms with E-state index in [1.165, 1.54) is 0 Å². The first kappa shape index (κ1) is 19.6. The molecule has 4 aromatic rings. The van der Waals surface area contributed by atoms with Crippen molar-refractivity contribution in [3.05, 3.63) is 83.9 Å². The number of nitrogens with one attached hydrogen (secondary N) is 1. The lowest BCUT2D eigenvalue weighted by Crippen LogP contribution is -2.14. The average Bonchev–Trinajstić information content (AvgIpc) is 3.38. The Kier molecular flexibility index (Phi) is 5.18. The standard InChI is InChI=1S/C23H23N5O2/c1-23(2,3)22-26-21(30-27-22)19-12-8-7-11-18(19)20(29)25-17-13-24-28(15-17)14-16-9-5-4-6-10-16/h4-13,15H,14H2,1-3H3,(H,25,29). The fourth-order valence-electron chi connectivity index (χ4n) is 2.99. The summed E-state index contributed by atoms with van der Waals surface area (Å²) in [6.45, 7) is 6.65. The van der Waals surface area contributed by atoms with Crippen LogP contribution in [0, 0.1) is 0 Å². The Labute approximate surface area is 174 Å². The maximum atomic E-state index is 12.9. The minimum Gasteiger partial charge on any atom is -0.334 e. The molecular formula is C23H23N5O2. The molecule has 4 rings (SSSR count). The summed E-state index contributed by atoms with van der Waals surface area (Å²) >= 11 is 0. The van der Waals surface area contributed by atoms with Crippen LogP contribution < -0.4 is 5.32 Å². The van der Waals surface area contributed by atoms with Gasteiger partial charge >= 0.3 is 0 Å². The van der Waals surface area contributed by atoms with E-state index in [0.717, 1.165) is 5.56 Å². The topological polar surface area (TPSA) is 85.8 Å². The molecule has 152 valence electrons. The third-order valence-corrected chi connectivity index (χ3v) is 4.58. The second-order valence-corrected chi connectivity index (χ2v) is 8.09. The van der Waals surface area contributed by atoms with Crippen LogP contribution >= 0.6 is 0 Å². The number of amides is 1. The summed E-state index contributed by atoms with van der Waals surface area (Å²) in [6.07, 6.45) is 3.44. The van der Waals surface area contributed by atoms with Crippen molar-refractivity contribution in [1.82, 2.24) is 19.9 Å². The predicted molar refractivity (Wildman–Crippen MR) is 114 cm³/mol. The number of anilines is 1. The zero-order chi connectivity index (χ0) is 21.1. The Bertz CT molecular complexity index is 1160. The van der Waals surface area contributed by atoms with Gasteiger partial charge in [-0.3, -0.25) is 9.48 Å². The van der Waals surface area contributed by atoms with E-state index >= 15 is 0 Å². The third-order valence-electron chi connectivity index (χ3n) is 4.58. The number of nitrogens with zero attached hydrogens (tertiary/aromatic N) is 4. The molecule has 2 aromatic heterocycles. The number of hydrogen-bond donors (Lipinski definition) is 1. The minimum absolute atomic E-state index is 0.244.